The molecule has 0 aliphatic carbocycles. The van der Waals surface area contributed by atoms with Gasteiger partial charge in [-0.3, -0.25) is 4.79 Å². The standard InChI is InChI=1S/C10H14N2O4S/c1-5(13)8(10(15)16)12-9(14)7(11)6-3-2-4-17-6/h2-5,7-8,13H,11H2,1H3,(H,12,14)(H,15,16). The van der Waals surface area contributed by atoms with E-state index in [1.807, 2.05) is 0 Å². The molecule has 6 nitrogen and oxygen atoms in total. The van der Waals surface area contributed by atoms with E-state index in [0.717, 1.165) is 0 Å². The predicted octanol–water partition coefficient (Wildman–Crippen LogP) is -0.302. The first kappa shape index (κ1) is 13.6. The van der Waals surface area contributed by atoms with Gasteiger partial charge >= 0.3 is 5.97 Å². The van der Waals surface area contributed by atoms with Crippen LogP contribution in [0.2, 0.25) is 0 Å². The number of amides is 1. The SMILES string of the molecule is CC(O)C(NC(=O)C(N)c1cccs1)C(=O)O. The maximum atomic E-state index is 11.7. The average molecular weight is 258 g/mol. The monoisotopic (exact) mass is 258 g/mol. The normalized spacial score (nSPS) is 15.9. The Morgan fingerprint density at radius 3 is 2.59 bits per heavy atom. The molecule has 0 spiro atoms. The summed E-state index contributed by atoms with van der Waals surface area (Å²) in [6, 6.07) is 1.16. The molecule has 1 amide bonds. The number of nitrogens with two attached hydrogens (primary N) is 1. The minimum atomic E-state index is -1.35. The van der Waals surface area contributed by atoms with Crippen molar-refractivity contribution in [2.75, 3.05) is 0 Å². The minimum absolute atomic E-state index is 0.624. The maximum Gasteiger partial charge on any atom is 0.328 e. The molecule has 94 valence electrons. The number of carboxylic acids is 1. The van der Waals surface area contributed by atoms with Crippen molar-refractivity contribution in [1.29, 1.82) is 0 Å². The predicted molar refractivity (Wildman–Crippen MR) is 62.5 cm³/mol. The Bertz CT molecular complexity index is 391. The zero-order valence-electron chi connectivity index (χ0n) is 9.16. The third-order valence-corrected chi connectivity index (χ3v) is 3.13. The van der Waals surface area contributed by atoms with Crippen LogP contribution in [0.1, 0.15) is 17.8 Å². The fraction of sp³-hybridized carbons (Fsp3) is 0.400. The van der Waals surface area contributed by atoms with Crippen LogP contribution < -0.4 is 11.1 Å². The largest absolute Gasteiger partial charge is 0.480 e. The van der Waals surface area contributed by atoms with Crippen molar-refractivity contribution in [1.82, 2.24) is 5.32 Å². The van der Waals surface area contributed by atoms with Crippen LogP contribution in [0, 0.1) is 0 Å². The summed E-state index contributed by atoms with van der Waals surface area (Å²) >= 11 is 1.31. The van der Waals surface area contributed by atoms with E-state index in [0.29, 0.717) is 4.88 Å². The summed E-state index contributed by atoms with van der Waals surface area (Å²) in [5.74, 6) is -1.92. The molecule has 0 fully saturated rings. The third-order valence-electron chi connectivity index (χ3n) is 2.18. The number of aliphatic hydroxyl groups is 1. The molecular weight excluding hydrogens is 244 g/mol. The number of hydrogen-bond donors (Lipinski definition) is 4. The molecule has 0 saturated heterocycles. The maximum absolute atomic E-state index is 11.7. The first-order valence-electron chi connectivity index (χ1n) is 4.93. The van der Waals surface area contributed by atoms with Crippen LogP contribution in [0.25, 0.3) is 0 Å². The van der Waals surface area contributed by atoms with Crippen molar-refractivity contribution in [2.24, 2.45) is 5.73 Å². The van der Waals surface area contributed by atoms with Crippen LogP contribution in [0.5, 0.6) is 0 Å². The lowest BCUT2D eigenvalue weighted by Crippen LogP contribution is -2.50. The lowest BCUT2D eigenvalue weighted by molar-refractivity contribution is -0.145. The molecule has 0 aliphatic heterocycles. The lowest BCUT2D eigenvalue weighted by atomic mass is 10.1. The van der Waals surface area contributed by atoms with Gasteiger partial charge < -0.3 is 21.3 Å². The fourth-order valence-corrected chi connectivity index (χ4v) is 1.95. The number of carboxylic acid groups (broad SMARTS) is 1. The molecule has 0 aliphatic rings. The molecule has 1 aromatic rings. The first-order valence-corrected chi connectivity index (χ1v) is 5.81. The quantitative estimate of drug-likeness (QED) is 0.579. The second kappa shape index (κ2) is 5.76. The summed E-state index contributed by atoms with van der Waals surface area (Å²) in [6.07, 6.45) is -1.19. The highest BCUT2D eigenvalue weighted by molar-refractivity contribution is 7.10. The van der Waals surface area contributed by atoms with Crippen LogP contribution in [-0.4, -0.2) is 34.2 Å². The van der Waals surface area contributed by atoms with Gasteiger partial charge in [0.15, 0.2) is 6.04 Å². The highest BCUT2D eigenvalue weighted by Crippen LogP contribution is 2.16. The van der Waals surface area contributed by atoms with E-state index in [1.54, 1.807) is 17.5 Å². The van der Waals surface area contributed by atoms with Gasteiger partial charge in [0, 0.05) is 4.88 Å². The van der Waals surface area contributed by atoms with Gasteiger partial charge in [0.25, 0.3) is 0 Å². The minimum Gasteiger partial charge on any atom is -0.480 e. The fourth-order valence-electron chi connectivity index (χ4n) is 1.23. The number of nitrogens with one attached hydrogen (secondary N) is 1. The molecular formula is C10H14N2O4S. The Balaban J connectivity index is 2.68. The Morgan fingerprint density at radius 2 is 2.18 bits per heavy atom. The van der Waals surface area contributed by atoms with Crippen LogP contribution in [0.3, 0.4) is 0 Å². The van der Waals surface area contributed by atoms with Crippen molar-refractivity contribution in [3.63, 3.8) is 0 Å². The molecule has 7 heteroatoms. The molecule has 3 atom stereocenters. The van der Waals surface area contributed by atoms with Gasteiger partial charge in [0.05, 0.1) is 6.10 Å². The van der Waals surface area contributed by atoms with Crippen molar-refractivity contribution in [3.8, 4) is 0 Å². The Kier molecular flexibility index (Phi) is 4.62. The van der Waals surface area contributed by atoms with Gasteiger partial charge in [0.1, 0.15) is 6.04 Å². The smallest absolute Gasteiger partial charge is 0.328 e. The molecule has 0 bridgehead atoms. The van der Waals surface area contributed by atoms with Gasteiger partial charge in [-0.25, -0.2) is 4.79 Å². The summed E-state index contributed by atoms with van der Waals surface area (Å²) < 4.78 is 0. The summed E-state index contributed by atoms with van der Waals surface area (Å²) in [5.41, 5.74) is 5.66. The number of aliphatic carboxylic acids is 1. The van der Waals surface area contributed by atoms with Crippen LogP contribution in [0.4, 0.5) is 0 Å². The molecule has 0 aromatic carbocycles. The summed E-state index contributed by atoms with van der Waals surface area (Å²) in [7, 11) is 0. The average Bonchev–Trinajstić information content (AvgIpc) is 2.76. The van der Waals surface area contributed by atoms with Crippen LogP contribution >= 0.6 is 11.3 Å². The van der Waals surface area contributed by atoms with Gasteiger partial charge in [0.2, 0.25) is 5.91 Å². The number of hydrogen-bond acceptors (Lipinski definition) is 5. The van der Waals surface area contributed by atoms with Gasteiger partial charge in [-0.05, 0) is 18.4 Å². The van der Waals surface area contributed by atoms with Crippen molar-refractivity contribution in [3.05, 3.63) is 22.4 Å². The summed E-state index contributed by atoms with van der Waals surface area (Å²) in [5, 5.41) is 22.0. The van der Waals surface area contributed by atoms with Crippen molar-refractivity contribution >= 4 is 23.2 Å². The third kappa shape index (κ3) is 3.52. The van der Waals surface area contributed by atoms with E-state index < -0.39 is 30.1 Å². The number of rotatable bonds is 5. The second-order valence-electron chi connectivity index (χ2n) is 3.56. The Labute approximate surface area is 102 Å². The van der Waals surface area contributed by atoms with E-state index in [2.05, 4.69) is 5.32 Å². The van der Waals surface area contributed by atoms with Gasteiger partial charge in [-0.1, -0.05) is 6.07 Å². The molecule has 0 saturated carbocycles. The van der Waals surface area contributed by atoms with E-state index in [4.69, 9.17) is 10.8 Å². The van der Waals surface area contributed by atoms with E-state index in [9.17, 15) is 14.7 Å². The number of carbonyl (C=O) groups excluding carboxylic acids is 1. The van der Waals surface area contributed by atoms with Crippen molar-refractivity contribution < 1.29 is 19.8 Å². The molecule has 1 aromatic heterocycles. The summed E-state index contributed by atoms with van der Waals surface area (Å²) in [4.78, 5) is 23.1. The van der Waals surface area contributed by atoms with Gasteiger partial charge in [-0.2, -0.15) is 0 Å². The second-order valence-corrected chi connectivity index (χ2v) is 4.54. The number of aliphatic hydroxyl groups excluding tert-OH is 1. The molecule has 5 N–H and O–H groups in total. The van der Waals surface area contributed by atoms with E-state index in [1.165, 1.54) is 18.3 Å². The topological polar surface area (TPSA) is 113 Å². The number of thiophene rings is 1. The lowest BCUT2D eigenvalue weighted by Gasteiger charge is -2.19. The highest BCUT2D eigenvalue weighted by atomic mass is 32.1. The first-order chi connectivity index (χ1) is 7.93. The molecule has 1 rings (SSSR count). The van der Waals surface area contributed by atoms with Crippen LogP contribution in [-0.2, 0) is 9.59 Å². The highest BCUT2D eigenvalue weighted by Gasteiger charge is 2.27. The van der Waals surface area contributed by atoms with E-state index in [-0.39, 0.29) is 0 Å². The molecule has 3 unspecified atom stereocenters. The Morgan fingerprint density at radius 1 is 1.53 bits per heavy atom. The van der Waals surface area contributed by atoms with Crippen LogP contribution in [0.15, 0.2) is 17.5 Å². The van der Waals surface area contributed by atoms with Gasteiger partial charge in [-0.15, -0.1) is 11.3 Å². The number of carbonyl (C=O) groups is 2. The molecule has 17 heavy (non-hydrogen) atoms. The van der Waals surface area contributed by atoms with Crippen molar-refractivity contribution in [2.45, 2.75) is 25.1 Å². The Hall–Kier alpha value is -1.44. The zero-order valence-corrected chi connectivity index (χ0v) is 9.98. The molecule has 1 heterocycles. The zero-order chi connectivity index (χ0) is 13.0. The molecule has 0 radical (unpaired) electrons. The van der Waals surface area contributed by atoms with E-state index >= 15 is 0 Å². The summed E-state index contributed by atoms with van der Waals surface area (Å²) in [6.45, 7) is 1.29.